The lowest BCUT2D eigenvalue weighted by atomic mass is 10.00. The van der Waals surface area contributed by atoms with E-state index in [1.54, 1.807) is 5.57 Å². The summed E-state index contributed by atoms with van der Waals surface area (Å²) in [6.45, 7) is 13.5. The predicted molar refractivity (Wildman–Crippen MR) is 93.1 cm³/mol. The molecule has 0 rings (SSSR count). The van der Waals surface area contributed by atoms with Crippen LogP contribution in [0.3, 0.4) is 0 Å². The van der Waals surface area contributed by atoms with Gasteiger partial charge < -0.3 is 0 Å². The number of hydrogen-bond acceptors (Lipinski definition) is 0. The Bertz CT molecular complexity index is 384. The molecule has 0 atom stereocenters. The fourth-order valence-corrected chi connectivity index (χ4v) is 2.32. The van der Waals surface area contributed by atoms with Crippen LogP contribution in [0.1, 0.15) is 86.5 Å². The molecule has 0 aromatic rings. The van der Waals surface area contributed by atoms with Crippen LogP contribution in [-0.4, -0.2) is 0 Å². The van der Waals surface area contributed by atoms with E-state index in [9.17, 15) is 0 Å². The van der Waals surface area contributed by atoms with Gasteiger partial charge in [-0.05, 0) is 69.2 Å². The first-order valence-corrected chi connectivity index (χ1v) is 8.40. The van der Waals surface area contributed by atoms with Gasteiger partial charge in [-0.2, -0.15) is 0 Å². The molecule has 0 fully saturated rings. The third kappa shape index (κ3) is 7.56. The molecule has 0 unspecified atom stereocenters. The monoisotopic (exact) mass is 274 g/mol. The highest BCUT2D eigenvalue weighted by Crippen LogP contribution is 2.18. The molecule has 0 aromatic heterocycles. The maximum absolute atomic E-state index is 3.41. The van der Waals surface area contributed by atoms with Crippen molar-refractivity contribution in [3.05, 3.63) is 40.2 Å². The van der Waals surface area contributed by atoms with E-state index in [0.717, 1.165) is 12.8 Å². The van der Waals surface area contributed by atoms with E-state index in [0.29, 0.717) is 0 Å². The zero-order valence-electron chi connectivity index (χ0n) is 14.6. The van der Waals surface area contributed by atoms with Crippen molar-refractivity contribution in [3.63, 3.8) is 0 Å². The number of rotatable bonds is 9. The van der Waals surface area contributed by atoms with Crippen LogP contribution in [0, 0.1) is 0 Å². The first kappa shape index (κ1) is 19.0. The fraction of sp³-hybridized carbons (Fsp3) is 0.650. The molecule has 0 bridgehead atoms. The van der Waals surface area contributed by atoms with E-state index in [1.165, 1.54) is 48.8 Å². The van der Waals surface area contributed by atoms with Gasteiger partial charge in [-0.25, -0.2) is 0 Å². The Morgan fingerprint density at radius 3 is 2.05 bits per heavy atom. The van der Waals surface area contributed by atoms with Gasteiger partial charge in [0.1, 0.15) is 0 Å². The largest absolute Gasteiger partial charge is 0.120 e. The van der Waals surface area contributed by atoms with Gasteiger partial charge in [-0.1, -0.05) is 51.7 Å². The van der Waals surface area contributed by atoms with Crippen molar-refractivity contribution in [3.8, 4) is 0 Å². The topological polar surface area (TPSA) is 0 Å². The number of unbranched alkanes of at least 4 members (excludes halogenated alkanes) is 1. The van der Waals surface area contributed by atoms with E-state index in [1.807, 2.05) is 0 Å². The van der Waals surface area contributed by atoms with Gasteiger partial charge in [0.15, 0.2) is 0 Å². The molecule has 0 heteroatoms. The Labute approximate surface area is 127 Å². The summed E-state index contributed by atoms with van der Waals surface area (Å²) in [6.07, 6.45) is 12.9. The molecule has 0 nitrogen and oxygen atoms in total. The van der Waals surface area contributed by atoms with Gasteiger partial charge in [-0.3, -0.25) is 0 Å². The lowest BCUT2D eigenvalue weighted by molar-refractivity contribution is 0.761. The molecular weight excluding hydrogens is 240 g/mol. The van der Waals surface area contributed by atoms with E-state index < -0.39 is 0 Å². The van der Waals surface area contributed by atoms with E-state index in [-0.39, 0.29) is 0 Å². The number of hydrogen-bond donors (Lipinski definition) is 0. The third-order valence-electron chi connectivity index (χ3n) is 3.97. The molecule has 0 aliphatic carbocycles. The lowest BCUT2D eigenvalue weighted by Gasteiger charge is -2.06. The smallest absolute Gasteiger partial charge is 0.0168 e. The number of allylic oxidation sites excluding steroid dienone is 5. The van der Waals surface area contributed by atoms with Crippen LogP contribution in [0.4, 0.5) is 0 Å². The van der Waals surface area contributed by atoms with Crippen LogP contribution < -0.4 is 0 Å². The standard InChI is InChI=1S/C20H34/c1-7-11-15-19(10-4)18(6)14-12-16-20(13-8-2)17(5)9-3/h14,16H,7-11,13,15H2,1-6H3. The Morgan fingerprint density at radius 2 is 1.55 bits per heavy atom. The van der Waals surface area contributed by atoms with Crippen molar-refractivity contribution in [1.29, 1.82) is 0 Å². The first-order valence-electron chi connectivity index (χ1n) is 8.40. The third-order valence-corrected chi connectivity index (χ3v) is 3.97. The molecule has 0 saturated carbocycles. The maximum Gasteiger partial charge on any atom is -0.0168 e. The Morgan fingerprint density at radius 1 is 0.850 bits per heavy atom. The van der Waals surface area contributed by atoms with Crippen LogP contribution in [-0.2, 0) is 0 Å². The maximum atomic E-state index is 3.41. The van der Waals surface area contributed by atoms with Crippen molar-refractivity contribution < 1.29 is 0 Å². The molecule has 0 aromatic carbocycles. The molecule has 0 saturated heterocycles. The Kier molecular flexibility index (Phi) is 11.2. The van der Waals surface area contributed by atoms with Gasteiger partial charge >= 0.3 is 0 Å². The van der Waals surface area contributed by atoms with Crippen LogP contribution >= 0.6 is 0 Å². The SMILES string of the molecule is CCCCC(CC)=C(C)C=C=CC(CCC)=C(C)CC. The highest BCUT2D eigenvalue weighted by Gasteiger charge is 1.98. The first-order chi connectivity index (χ1) is 9.60. The minimum absolute atomic E-state index is 1.14. The molecule has 0 aliphatic heterocycles. The Balaban J connectivity index is 5.04. The average molecular weight is 274 g/mol. The quantitative estimate of drug-likeness (QED) is 0.309. The summed E-state index contributed by atoms with van der Waals surface area (Å²) in [4.78, 5) is 0. The molecule has 0 radical (unpaired) electrons. The molecule has 0 amide bonds. The summed E-state index contributed by atoms with van der Waals surface area (Å²) in [5, 5.41) is 0. The molecule has 114 valence electrons. The van der Waals surface area contributed by atoms with Gasteiger partial charge in [-0.15, -0.1) is 5.73 Å². The van der Waals surface area contributed by atoms with Crippen molar-refractivity contribution in [2.75, 3.05) is 0 Å². The second-order valence-electron chi connectivity index (χ2n) is 5.61. The van der Waals surface area contributed by atoms with Gasteiger partial charge in [0, 0.05) is 0 Å². The van der Waals surface area contributed by atoms with Gasteiger partial charge in [0.05, 0.1) is 0 Å². The van der Waals surface area contributed by atoms with Crippen molar-refractivity contribution in [1.82, 2.24) is 0 Å². The Hall–Kier alpha value is -1.00. The van der Waals surface area contributed by atoms with Gasteiger partial charge in [0.2, 0.25) is 0 Å². The van der Waals surface area contributed by atoms with Crippen LogP contribution in [0.2, 0.25) is 0 Å². The summed E-state index contributed by atoms with van der Waals surface area (Å²) in [5.74, 6) is 0. The predicted octanol–water partition coefficient (Wildman–Crippen LogP) is 7.14. The molecule has 0 spiro atoms. The fourth-order valence-electron chi connectivity index (χ4n) is 2.32. The van der Waals surface area contributed by atoms with Crippen LogP contribution in [0.15, 0.2) is 40.2 Å². The van der Waals surface area contributed by atoms with Crippen molar-refractivity contribution >= 4 is 0 Å². The zero-order chi connectivity index (χ0) is 15.4. The zero-order valence-corrected chi connectivity index (χ0v) is 14.6. The lowest BCUT2D eigenvalue weighted by Crippen LogP contribution is -1.86. The summed E-state index contributed by atoms with van der Waals surface area (Å²) >= 11 is 0. The van der Waals surface area contributed by atoms with E-state index in [2.05, 4.69) is 59.4 Å². The molecule has 0 heterocycles. The normalized spacial score (nSPS) is 13.3. The average Bonchev–Trinajstić information content (AvgIpc) is 2.46. The summed E-state index contributed by atoms with van der Waals surface area (Å²) in [5.41, 5.74) is 9.36. The van der Waals surface area contributed by atoms with Crippen molar-refractivity contribution in [2.24, 2.45) is 0 Å². The van der Waals surface area contributed by atoms with E-state index in [4.69, 9.17) is 0 Å². The summed E-state index contributed by atoms with van der Waals surface area (Å²) in [7, 11) is 0. The highest BCUT2D eigenvalue weighted by atomic mass is 14.0. The molecule has 0 aliphatic rings. The van der Waals surface area contributed by atoms with Gasteiger partial charge in [0.25, 0.3) is 0 Å². The molecule has 20 heavy (non-hydrogen) atoms. The van der Waals surface area contributed by atoms with E-state index >= 15 is 0 Å². The van der Waals surface area contributed by atoms with Crippen LogP contribution in [0.5, 0.6) is 0 Å². The molecule has 0 N–H and O–H groups in total. The van der Waals surface area contributed by atoms with Crippen molar-refractivity contribution in [2.45, 2.75) is 86.5 Å². The second-order valence-corrected chi connectivity index (χ2v) is 5.61. The van der Waals surface area contributed by atoms with Crippen LogP contribution in [0.25, 0.3) is 0 Å². The highest BCUT2D eigenvalue weighted by molar-refractivity contribution is 5.28. The second kappa shape index (κ2) is 11.8. The molecular formula is C20H34. The minimum Gasteiger partial charge on any atom is -0.120 e. The summed E-state index contributed by atoms with van der Waals surface area (Å²) < 4.78 is 0. The summed E-state index contributed by atoms with van der Waals surface area (Å²) in [6, 6.07) is 0. The minimum atomic E-state index is 1.14.